The van der Waals surface area contributed by atoms with Crippen molar-refractivity contribution >= 4 is 47.0 Å². The second kappa shape index (κ2) is 11.3. The topological polar surface area (TPSA) is 142 Å². The molecule has 218 valence electrons. The Balaban J connectivity index is 1.60. The van der Waals surface area contributed by atoms with E-state index in [1.165, 1.54) is 0 Å². The van der Waals surface area contributed by atoms with Gasteiger partial charge in [0.2, 0.25) is 10.0 Å². The summed E-state index contributed by atoms with van der Waals surface area (Å²) in [6, 6.07) is 15.1. The zero-order valence-electron chi connectivity index (χ0n) is 20.4. The zero-order chi connectivity index (χ0) is 30.0. The number of ether oxygens (including phenoxy) is 2. The van der Waals surface area contributed by atoms with Crippen molar-refractivity contribution < 1.29 is 56.5 Å². The van der Waals surface area contributed by atoms with Crippen LogP contribution in [-0.2, 0) is 41.5 Å². The number of alkyl halides is 4. The molecule has 0 atom stereocenters. The largest absolute Gasteiger partial charge is 0.468 e. The lowest BCUT2D eigenvalue weighted by atomic mass is 10.1. The summed E-state index contributed by atoms with van der Waals surface area (Å²) in [6.45, 7) is 3.43. The van der Waals surface area contributed by atoms with Crippen molar-refractivity contribution in [2.75, 3.05) is 13.0 Å². The molecule has 1 N–H and O–H groups in total. The summed E-state index contributed by atoms with van der Waals surface area (Å²) < 4.78 is 140. The van der Waals surface area contributed by atoms with E-state index in [2.05, 4.69) is 10.8 Å². The quantitative estimate of drug-likeness (QED) is 0.130. The van der Waals surface area contributed by atoms with E-state index in [0.717, 1.165) is 40.6 Å². The van der Waals surface area contributed by atoms with Crippen LogP contribution in [0, 0.1) is 0 Å². The molecule has 10 nitrogen and oxygen atoms in total. The first-order valence-corrected chi connectivity index (χ1v) is 15.6. The third-order valence-electron chi connectivity index (χ3n) is 5.03. The second-order valence-electron chi connectivity index (χ2n) is 8.16. The summed E-state index contributed by atoms with van der Waals surface area (Å²) in [6.07, 6.45) is 1.81. The van der Waals surface area contributed by atoms with Gasteiger partial charge in [-0.25, -0.2) is 16.8 Å². The summed E-state index contributed by atoms with van der Waals surface area (Å²) in [5, 5.41) is -10.9. The SMILES string of the molecule is C=Cc1ccc2cc(OCOCc3ccc(OS(=O)(=O)C(F)(F)C(F)(F)S(=O)(=O)NS(C)(=O)=O)cc3)ccc2c1. The standard InChI is InChI=1S/C23H21F4NO9S3/c1-3-16-4-7-19-13-21(11-8-18(19)12-16)36-15-35-14-17-5-9-20(10-6-17)37-40(33,34)23(26,27)22(24,25)39(31,32)28-38(2,29)30/h3-13,28H,1,14-15H2,2H3. The molecule has 17 heteroatoms. The maximum atomic E-state index is 14.2. The van der Waals surface area contributed by atoms with Crippen LogP contribution in [0.4, 0.5) is 17.6 Å². The number of benzene rings is 3. The molecule has 3 rings (SSSR count). The van der Waals surface area contributed by atoms with Crippen LogP contribution in [0.1, 0.15) is 11.1 Å². The highest BCUT2D eigenvalue weighted by Crippen LogP contribution is 2.43. The molecular formula is C23H21F4NO9S3. The number of hydrogen-bond acceptors (Lipinski definition) is 9. The predicted octanol–water partition coefficient (Wildman–Crippen LogP) is 3.81. The molecule has 0 aromatic heterocycles. The Labute approximate surface area is 227 Å². The molecule has 0 bridgehead atoms. The van der Waals surface area contributed by atoms with Crippen LogP contribution in [-0.4, -0.2) is 48.8 Å². The van der Waals surface area contributed by atoms with Crippen molar-refractivity contribution in [2.45, 2.75) is 17.1 Å². The molecule has 0 amide bonds. The van der Waals surface area contributed by atoms with E-state index in [1.807, 2.05) is 24.3 Å². The van der Waals surface area contributed by atoms with Gasteiger partial charge < -0.3 is 13.7 Å². The number of sulfonamides is 2. The highest BCUT2D eigenvalue weighted by molar-refractivity contribution is 8.05. The molecule has 0 saturated carbocycles. The fourth-order valence-corrected chi connectivity index (χ4v) is 6.82. The summed E-state index contributed by atoms with van der Waals surface area (Å²) in [5.41, 5.74) is 1.33. The number of rotatable bonds is 13. The number of nitrogens with one attached hydrogen (secondary N) is 1. The highest BCUT2D eigenvalue weighted by atomic mass is 32.3. The Morgan fingerprint density at radius 3 is 2.00 bits per heavy atom. The van der Waals surface area contributed by atoms with Gasteiger partial charge in [-0.15, -0.1) is 4.13 Å². The first-order valence-electron chi connectivity index (χ1n) is 10.8. The van der Waals surface area contributed by atoms with Crippen molar-refractivity contribution in [2.24, 2.45) is 0 Å². The monoisotopic (exact) mass is 627 g/mol. The van der Waals surface area contributed by atoms with E-state index >= 15 is 0 Å². The molecule has 3 aromatic carbocycles. The average Bonchev–Trinajstić information content (AvgIpc) is 2.85. The molecule has 0 aliphatic rings. The van der Waals surface area contributed by atoms with Crippen molar-refractivity contribution in [3.63, 3.8) is 0 Å². The normalized spacial score (nSPS) is 13.2. The van der Waals surface area contributed by atoms with Gasteiger partial charge in [-0.1, -0.05) is 43.0 Å². The molecule has 3 aromatic rings. The fraction of sp³-hybridized carbons (Fsp3) is 0.217. The van der Waals surface area contributed by atoms with Crippen LogP contribution in [0.2, 0.25) is 0 Å². The lowest BCUT2D eigenvalue weighted by molar-refractivity contribution is -0.101. The molecule has 0 spiro atoms. The Kier molecular flexibility index (Phi) is 8.85. The van der Waals surface area contributed by atoms with Gasteiger partial charge in [0.15, 0.2) is 6.79 Å². The van der Waals surface area contributed by atoms with Gasteiger partial charge in [-0.05, 0) is 52.2 Å². The molecule has 0 unspecified atom stereocenters. The van der Waals surface area contributed by atoms with E-state index in [9.17, 15) is 42.8 Å². The van der Waals surface area contributed by atoms with Crippen molar-refractivity contribution in [1.82, 2.24) is 4.13 Å². The third kappa shape index (κ3) is 6.90. The summed E-state index contributed by atoms with van der Waals surface area (Å²) in [5.74, 6) is -0.348. The Morgan fingerprint density at radius 1 is 0.825 bits per heavy atom. The lowest BCUT2D eigenvalue weighted by Gasteiger charge is -2.25. The summed E-state index contributed by atoms with van der Waals surface area (Å²) in [7, 11) is -18.3. The van der Waals surface area contributed by atoms with Gasteiger partial charge in [0.1, 0.15) is 11.5 Å². The van der Waals surface area contributed by atoms with Gasteiger partial charge in [-0.2, -0.15) is 26.0 Å². The summed E-state index contributed by atoms with van der Waals surface area (Å²) in [4.78, 5) is 0. The van der Waals surface area contributed by atoms with Gasteiger partial charge in [0.05, 0.1) is 12.9 Å². The minimum Gasteiger partial charge on any atom is -0.468 e. The van der Waals surface area contributed by atoms with E-state index in [-0.39, 0.29) is 19.7 Å². The highest BCUT2D eigenvalue weighted by Gasteiger charge is 2.75. The van der Waals surface area contributed by atoms with E-state index in [0.29, 0.717) is 15.4 Å². The van der Waals surface area contributed by atoms with Gasteiger partial charge >= 0.3 is 20.6 Å². The molecule has 0 aliphatic carbocycles. The molecule has 40 heavy (non-hydrogen) atoms. The predicted molar refractivity (Wildman–Crippen MR) is 137 cm³/mol. The Bertz CT molecular complexity index is 1730. The van der Waals surface area contributed by atoms with Gasteiger partial charge in [0.25, 0.3) is 10.0 Å². The molecule has 0 fully saturated rings. The molecular weight excluding hydrogens is 606 g/mol. The Hall–Kier alpha value is -3.25. The second-order valence-corrected chi connectivity index (χ2v) is 13.5. The van der Waals surface area contributed by atoms with Gasteiger partial charge in [-0.3, -0.25) is 0 Å². The smallest absolute Gasteiger partial charge is 0.459 e. The third-order valence-corrected chi connectivity index (χ3v) is 9.48. The van der Waals surface area contributed by atoms with Crippen LogP contribution < -0.4 is 13.0 Å². The Morgan fingerprint density at radius 2 is 1.40 bits per heavy atom. The number of fused-ring (bicyclic) bond motifs is 1. The fourth-order valence-electron chi connectivity index (χ4n) is 3.10. The average molecular weight is 628 g/mol. The van der Waals surface area contributed by atoms with Gasteiger partial charge in [0, 0.05) is 0 Å². The van der Waals surface area contributed by atoms with Crippen LogP contribution in [0.15, 0.2) is 67.2 Å². The van der Waals surface area contributed by atoms with Crippen LogP contribution >= 0.6 is 0 Å². The van der Waals surface area contributed by atoms with Crippen LogP contribution in [0.25, 0.3) is 16.8 Å². The van der Waals surface area contributed by atoms with E-state index in [4.69, 9.17) is 9.47 Å². The molecule has 0 radical (unpaired) electrons. The molecule has 0 aliphatic heterocycles. The zero-order valence-corrected chi connectivity index (χ0v) is 22.8. The van der Waals surface area contributed by atoms with Crippen LogP contribution in [0.3, 0.4) is 0 Å². The lowest BCUT2D eigenvalue weighted by Crippen LogP contribution is -2.57. The van der Waals surface area contributed by atoms with Crippen molar-refractivity contribution in [3.8, 4) is 11.5 Å². The summed E-state index contributed by atoms with van der Waals surface area (Å²) >= 11 is 0. The first-order chi connectivity index (χ1) is 18.4. The molecule has 0 heterocycles. The molecule has 0 saturated heterocycles. The van der Waals surface area contributed by atoms with Crippen LogP contribution in [0.5, 0.6) is 11.5 Å². The van der Waals surface area contributed by atoms with Crippen molar-refractivity contribution in [1.29, 1.82) is 0 Å². The van der Waals surface area contributed by atoms with Crippen molar-refractivity contribution in [3.05, 3.63) is 78.4 Å². The van der Waals surface area contributed by atoms with E-state index < -0.39 is 46.4 Å². The maximum absolute atomic E-state index is 14.2. The first kappa shape index (κ1) is 31.3. The van der Waals surface area contributed by atoms with E-state index in [1.54, 1.807) is 18.2 Å². The minimum atomic E-state index is -6.72. The number of halogens is 4. The maximum Gasteiger partial charge on any atom is 0.459 e. The minimum absolute atomic E-state index is 0.0869. The number of hydrogen-bond donors (Lipinski definition) is 1.